The van der Waals surface area contributed by atoms with E-state index in [2.05, 4.69) is 35.9 Å². The van der Waals surface area contributed by atoms with Crippen LogP contribution in [0.3, 0.4) is 0 Å². The average Bonchev–Trinajstić information content (AvgIpc) is 2.07. The maximum absolute atomic E-state index is 11.1. The zero-order chi connectivity index (χ0) is 8.55. The Morgan fingerprint density at radius 2 is 2.25 bits per heavy atom. The van der Waals surface area contributed by atoms with Gasteiger partial charge in [-0.2, -0.15) is 0 Å². The Hall–Kier alpha value is -1.30. The first-order valence-electron chi connectivity index (χ1n) is 3.13. The van der Waals surface area contributed by atoms with E-state index in [0.717, 1.165) is 0 Å². The van der Waals surface area contributed by atoms with Gasteiger partial charge in [0, 0.05) is 0 Å². The molecule has 0 saturated heterocycles. The summed E-state index contributed by atoms with van der Waals surface area (Å²) in [6, 6.07) is 0. The van der Waals surface area contributed by atoms with Crippen LogP contribution in [0.2, 0.25) is 0 Å². The fourth-order valence-corrected chi connectivity index (χ4v) is 1.11. The number of H-pyrrole nitrogens is 1. The highest BCUT2D eigenvalue weighted by Gasteiger charge is 2.01. The molecule has 0 fully saturated rings. The minimum atomic E-state index is -0.284. The smallest absolute Gasteiger partial charge is 0.278 e. The number of nitrogens with zero attached hydrogens (tertiary/aromatic N) is 3. The molecule has 2 aromatic heterocycles. The average molecular weight is 227 g/mol. The Balaban J connectivity index is 2.98. The minimum absolute atomic E-state index is 0.242. The summed E-state index contributed by atoms with van der Waals surface area (Å²) in [5.41, 5.74) is 0.308. The number of nitrogens with one attached hydrogen (secondary N) is 1. The molecule has 1 N–H and O–H groups in total. The van der Waals surface area contributed by atoms with E-state index in [1.807, 2.05) is 0 Å². The molecule has 0 aliphatic heterocycles. The lowest BCUT2D eigenvalue weighted by Gasteiger charge is -1.92. The van der Waals surface area contributed by atoms with Gasteiger partial charge in [0.15, 0.2) is 11.2 Å². The van der Waals surface area contributed by atoms with E-state index in [0.29, 0.717) is 10.3 Å². The van der Waals surface area contributed by atoms with Gasteiger partial charge in [-0.1, -0.05) is 0 Å². The normalized spacial score (nSPS) is 10.4. The number of aromatic amines is 1. The number of rotatable bonds is 0. The van der Waals surface area contributed by atoms with Crippen LogP contribution in [0, 0.1) is 0 Å². The monoisotopic (exact) mass is 226 g/mol. The van der Waals surface area contributed by atoms with Crippen molar-refractivity contribution in [3.63, 3.8) is 0 Å². The second kappa shape index (κ2) is 2.63. The molecule has 0 aliphatic carbocycles. The third-order valence-corrected chi connectivity index (χ3v) is 1.70. The molecule has 0 unspecified atom stereocenters. The first-order valence-corrected chi connectivity index (χ1v) is 3.92. The fraction of sp³-hybridized carbons (Fsp3) is 0. The Labute approximate surface area is 75.0 Å². The van der Waals surface area contributed by atoms with Crippen LogP contribution < -0.4 is 5.56 Å². The molecule has 0 atom stereocenters. The van der Waals surface area contributed by atoms with Crippen LogP contribution in [0.4, 0.5) is 0 Å². The summed E-state index contributed by atoms with van der Waals surface area (Å²) >= 11 is 3.11. The van der Waals surface area contributed by atoms with Crippen LogP contribution in [-0.2, 0) is 0 Å². The molecule has 60 valence electrons. The summed E-state index contributed by atoms with van der Waals surface area (Å²) in [7, 11) is 0. The highest BCUT2D eigenvalue weighted by Crippen LogP contribution is 2.05. The van der Waals surface area contributed by atoms with Crippen molar-refractivity contribution in [1.82, 2.24) is 19.9 Å². The van der Waals surface area contributed by atoms with Crippen molar-refractivity contribution in [3.05, 3.63) is 27.5 Å². The first-order chi connectivity index (χ1) is 5.77. The third kappa shape index (κ3) is 1.10. The van der Waals surface area contributed by atoms with E-state index in [1.165, 1.54) is 12.5 Å². The lowest BCUT2D eigenvalue weighted by atomic mass is 10.5. The molecule has 6 heteroatoms. The molecule has 0 aliphatic rings. The number of aromatic nitrogens is 4. The Morgan fingerprint density at radius 1 is 1.42 bits per heavy atom. The zero-order valence-corrected chi connectivity index (χ0v) is 7.37. The highest BCUT2D eigenvalue weighted by atomic mass is 79.9. The quantitative estimate of drug-likeness (QED) is 0.710. The standard InChI is InChI=1S/C6H3BrN4O/c7-3-1-8-5-4(11-3)6(12)10-2-9-5/h1-2H,(H,8,9,10,12). The van der Waals surface area contributed by atoms with Gasteiger partial charge in [-0.3, -0.25) is 4.79 Å². The Morgan fingerprint density at radius 3 is 3.08 bits per heavy atom. The SMILES string of the molecule is O=c1[nH]cnc2ncc(Br)nc12. The topological polar surface area (TPSA) is 71.5 Å². The summed E-state index contributed by atoms with van der Waals surface area (Å²) in [5.74, 6) is 0. The highest BCUT2D eigenvalue weighted by molar-refractivity contribution is 9.10. The van der Waals surface area contributed by atoms with Crippen LogP contribution in [-0.4, -0.2) is 19.9 Å². The molecular weight excluding hydrogens is 224 g/mol. The molecule has 2 rings (SSSR count). The lowest BCUT2D eigenvalue weighted by Crippen LogP contribution is -2.08. The van der Waals surface area contributed by atoms with Gasteiger partial charge in [0.1, 0.15) is 4.60 Å². The zero-order valence-electron chi connectivity index (χ0n) is 5.78. The van der Waals surface area contributed by atoms with Crippen molar-refractivity contribution >= 4 is 27.1 Å². The van der Waals surface area contributed by atoms with E-state index >= 15 is 0 Å². The largest absolute Gasteiger partial charge is 0.311 e. The summed E-state index contributed by atoms with van der Waals surface area (Å²) in [6.45, 7) is 0. The molecule has 0 saturated carbocycles. The van der Waals surface area contributed by atoms with E-state index in [9.17, 15) is 4.79 Å². The van der Waals surface area contributed by atoms with Gasteiger partial charge in [0.05, 0.1) is 12.5 Å². The van der Waals surface area contributed by atoms with Crippen molar-refractivity contribution < 1.29 is 0 Å². The maximum atomic E-state index is 11.1. The van der Waals surface area contributed by atoms with Crippen molar-refractivity contribution in [2.24, 2.45) is 0 Å². The fourth-order valence-electron chi connectivity index (χ4n) is 0.828. The van der Waals surface area contributed by atoms with Crippen LogP contribution >= 0.6 is 15.9 Å². The van der Waals surface area contributed by atoms with Gasteiger partial charge < -0.3 is 4.98 Å². The molecule has 0 aromatic carbocycles. The van der Waals surface area contributed by atoms with Gasteiger partial charge in [0.2, 0.25) is 0 Å². The van der Waals surface area contributed by atoms with E-state index < -0.39 is 0 Å². The van der Waals surface area contributed by atoms with Crippen molar-refractivity contribution in [1.29, 1.82) is 0 Å². The van der Waals surface area contributed by atoms with Gasteiger partial charge in [-0.15, -0.1) is 0 Å². The van der Waals surface area contributed by atoms with E-state index in [4.69, 9.17) is 0 Å². The number of hydrogen-bond donors (Lipinski definition) is 1. The molecule has 2 aromatic rings. The Bertz CT molecular complexity index is 480. The number of halogens is 1. The molecule has 5 nitrogen and oxygen atoms in total. The summed E-state index contributed by atoms with van der Waals surface area (Å²) in [5, 5.41) is 0. The molecule has 12 heavy (non-hydrogen) atoms. The summed E-state index contributed by atoms with van der Waals surface area (Å²) in [6.07, 6.45) is 2.79. The molecule has 0 amide bonds. The predicted octanol–water partition coefficient (Wildman–Crippen LogP) is 0.476. The third-order valence-electron chi connectivity index (χ3n) is 1.32. The van der Waals surface area contributed by atoms with Crippen molar-refractivity contribution in [3.8, 4) is 0 Å². The van der Waals surface area contributed by atoms with Crippen molar-refractivity contribution in [2.45, 2.75) is 0 Å². The first kappa shape index (κ1) is 7.35. The molecule has 0 bridgehead atoms. The van der Waals surface area contributed by atoms with E-state index in [-0.39, 0.29) is 11.1 Å². The maximum Gasteiger partial charge on any atom is 0.278 e. The van der Waals surface area contributed by atoms with Crippen molar-refractivity contribution in [2.75, 3.05) is 0 Å². The second-order valence-electron chi connectivity index (χ2n) is 2.10. The van der Waals surface area contributed by atoms with Gasteiger partial charge in [-0.05, 0) is 15.9 Å². The molecule has 0 spiro atoms. The molecule has 2 heterocycles. The summed E-state index contributed by atoms with van der Waals surface area (Å²) in [4.78, 5) is 25.2. The molecule has 0 radical (unpaired) electrons. The predicted molar refractivity (Wildman–Crippen MR) is 45.7 cm³/mol. The van der Waals surface area contributed by atoms with E-state index in [1.54, 1.807) is 0 Å². The van der Waals surface area contributed by atoms with Gasteiger partial charge in [0.25, 0.3) is 5.56 Å². The Kier molecular flexibility index (Phi) is 1.61. The number of fused-ring (bicyclic) bond motifs is 1. The second-order valence-corrected chi connectivity index (χ2v) is 2.91. The van der Waals surface area contributed by atoms with Gasteiger partial charge >= 0.3 is 0 Å². The lowest BCUT2D eigenvalue weighted by molar-refractivity contribution is 1.10. The minimum Gasteiger partial charge on any atom is -0.311 e. The molecular formula is C6H3BrN4O. The van der Waals surface area contributed by atoms with Gasteiger partial charge in [-0.25, -0.2) is 15.0 Å². The van der Waals surface area contributed by atoms with Crippen LogP contribution in [0.5, 0.6) is 0 Å². The van der Waals surface area contributed by atoms with Crippen LogP contribution in [0.15, 0.2) is 21.9 Å². The van der Waals surface area contributed by atoms with Crippen LogP contribution in [0.1, 0.15) is 0 Å². The summed E-state index contributed by atoms with van der Waals surface area (Å²) < 4.78 is 0.522. The number of hydrogen-bond acceptors (Lipinski definition) is 4. The van der Waals surface area contributed by atoms with Crippen LogP contribution in [0.25, 0.3) is 11.2 Å².